The maximum absolute atomic E-state index is 13.6. The van der Waals surface area contributed by atoms with E-state index in [1.54, 1.807) is 0 Å². The van der Waals surface area contributed by atoms with E-state index in [9.17, 15) is 24.1 Å². The van der Waals surface area contributed by atoms with Crippen LogP contribution in [0.25, 0.3) is 0 Å². The van der Waals surface area contributed by atoms with Crippen LogP contribution in [0.15, 0.2) is 18.2 Å². The number of aliphatic carboxylic acids is 1. The number of nitro benzene ring substituents is 1. The van der Waals surface area contributed by atoms with E-state index in [1.807, 2.05) is 0 Å². The molecule has 0 heterocycles. The van der Waals surface area contributed by atoms with Gasteiger partial charge in [0.05, 0.1) is 22.5 Å². The Morgan fingerprint density at radius 2 is 2.00 bits per heavy atom. The van der Waals surface area contributed by atoms with Gasteiger partial charge < -0.3 is 10.4 Å². The maximum Gasteiger partial charge on any atom is 0.308 e. The largest absolute Gasteiger partial charge is 0.481 e. The van der Waals surface area contributed by atoms with Gasteiger partial charge in [-0.2, -0.15) is 0 Å². The minimum absolute atomic E-state index is 0.375. The topological polar surface area (TPSA) is 110 Å². The number of carboxylic acid groups (broad SMARTS) is 1. The summed E-state index contributed by atoms with van der Waals surface area (Å²) in [5.74, 6) is -3.80. The van der Waals surface area contributed by atoms with E-state index in [1.165, 1.54) is 13.8 Å². The monoisotopic (exact) mass is 284 g/mol. The summed E-state index contributed by atoms with van der Waals surface area (Å²) in [7, 11) is 0. The number of carboxylic acids is 1. The van der Waals surface area contributed by atoms with Gasteiger partial charge in [0.2, 0.25) is 0 Å². The van der Waals surface area contributed by atoms with Crippen molar-refractivity contribution in [3.8, 4) is 0 Å². The third kappa shape index (κ3) is 3.50. The standard InChI is InChI=1S/C12H13FN2O5/c1-6(12(17)18)7(2)14-11(16)9-4-3-8(15(19)20)5-10(9)13/h3-7H,1-2H3,(H,14,16)(H,17,18). The number of hydrogen-bond acceptors (Lipinski definition) is 4. The molecule has 0 aliphatic rings. The van der Waals surface area contributed by atoms with Gasteiger partial charge >= 0.3 is 5.97 Å². The van der Waals surface area contributed by atoms with Crippen molar-refractivity contribution in [3.05, 3.63) is 39.7 Å². The molecule has 0 aliphatic carbocycles. The molecule has 20 heavy (non-hydrogen) atoms. The fourth-order valence-corrected chi connectivity index (χ4v) is 1.43. The number of amides is 1. The lowest BCUT2D eigenvalue weighted by Crippen LogP contribution is -2.40. The molecule has 0 fully saturated rings. The number of carbonyl (C=O) groups excluding carboxylic acids is 1. The normalized spacial score (nSPS) is 13.3. The maximum atomic E-state index is 13.6. The van der Waals surface area contributed by atoms with E-state index in [2.05, 4.69) is 5.32 Å². The van der Waals surface area contributed by atoms with Gasteiger partial charge in [-0.05, 0) is 19.9 Å². The lowest BCUT2D eigenvalue weighted by molar-refractivity contribution is -0.385. The summed E-state index contributed by atoms with van der Waals surface area (Å²) in [6.07, 6.45) is 0. The molecule has 0 saturated heterocycles. The highest BCUT2D eigenvalue weighted by molar-refractivity contribution is 5.95. The number of nitrogens with zero attached hydrogens (tertiary/aromatic N) is 1. The van der Waals surface area contributed by atoms with Crippen LogP contribution in [-0.4, -0.2) is 27.9 Å². The van der Waals surface area contributed by atoms with Crippen LogP contribution in [0.5, 0.6) is 0 Å². The predicted octanol–water partition coefficient (Wildman–Crippen LogP) is 1.57. The molecule has 0 aliphatic heterocycles. The Hall–Kier alpha value is -2.51. The molecule has 0 radical (unpaired) electrons. The molecule has 2 N–H and O–H groups in total. The zero-order valence-electron chi connectivity index (χ0n) is 10.8. The third-order valence-corrected chi connectivity index (χ3v) is 2.91. The van der Waals surface area contributed by atoms with Crippen molar-refractivity contribution in [1.82, 2.24) is 5.32 Å². The van der Waals surface area contributed by atoms with Crippen LogP contribution in [0.1, 0.15) is 24.2 Å². The predicted molar refractivity (Wildman–Crippen MR) is 66.8 cm³/mol. The molecule has 0 spiro atoms. The van der Waals surface area contributed by atoms with Crippen LogP contribution in [0.4, 0.5) is 10.1 Å². The molecule has 1 aromatic rings. The van der Waals surface area contributed by atoms with Crippen LogP contribution in [0.3, 0.4) is 0 Å². The average molecular weight is 284 g/mol. The summed E-state index contributed by atoms with van der Waals surface area (Å²) >= 11 is 0. The average Bonchev–Trinajstić information content (AvgIpc) is 2.36. The lowest BCUT2D eigenvalue weighted by atomic mass is 10.0. The number of carbonyl (C=O) groups is 2. The first-order valence-electron chi connectivity index (χ1n) is 5.71. The Morgan fingerprint density at radius 3 is 2.45 bits per heavy atom. The van der Waals surface area contributed by atoms with Crippen molar-refractivity contribution < 1.29 is 24.0 Å². The first kappa shape index (κ1) is 15.5. The van der Waals surface area contributed by atoms with Gasteiger partial charge in [0, 0.05) is 12.1 Å². The third-order valence-electron chi connectivity index (χ3n) is 2.91. The first-order chi connectivity index (χ1) is 9.23. The number of halogens is 1. The van der Waals surface area contributed by atoms with Gasteiger partial charge in [0.25, 0.3) is 11.6 Å². The number of benzene rings is 1. The molecule has 2 atom stereocenters. The van der Waals surface area contributed by atoms with Crippen molar-refractivity contribution in [2.45, 2.75) is 19.9 Å². The summed E-state index contributed by atoms with van der Waals surface area (Å²) in [4.78, 5) is 32.2. The summed E-state index contributed by atoms with van der Waals surface area (Å²) in [6.45, 7) is 2.87. The minimum atomic E-state index is -1.10. The van der Waals surface area contributed by atoms with E-state index in [0.29, 0.717) is 6.07 Å². The number of non-ortho nitro benzene ring substituents is 1. The molecule has 1 rings (SSSR count). The van der Waals surface area contributed by atoms with Crippen molar-refractivity contribution in [2.75, 3.05) is 0 Å². The highest BCUT2D eigenvalue weighted by Gasteiger charge is 2.23. The Kier molecular flexibility index (Phi) is 4.73. The highest BCUT2D eigenvalue weighted by atomic mass is 19.1. The van der Waals surface area contributed by atoms with E-state index in [0.717, 1.165) is 12.1 Å². The Morgan fingerprint density at radius 1 is 1.40 bits per heavy atom. The second-order valence-electron chi connectivity index (χ2n) is 4.31. The Bertz CT molecular complexity index is 561. The van der Waals surface area contributed by atoms with Crippen LogP contribution < -0.4 is 5.32 Å². The molecule has 0 saturated carbocycles. The van der Waals surface area contributed by atoms with Crippen molar-refractivity contribution in [2.24, 2.45) is 5.92 Å². The summed E-state index contributed by atoms with van der Waals surface area (Å²) < 4.78 is 13.6. The number of nitro groups is 1. The first-order valence-corrected chi connectivity index (χ1v) is 5.71. The molecule has 8 heteroatoms. The molecular formula is C12H13FN2O5. The van der Waals surface area contributed by atoms with Gasteiger partial charge in [-0.3, -0.25) is 19.7 Å². The van der Waals surface area contributed by atoms with Crippen molar-refractivity contribution >= 4 is 17.6 Å². The van der Waals surface area contributed by atoms with Crippen LogP contribution in [0.2, 0.25) is 0 Å². The number of rotatable bonds is 5. The van der Waals surface area contributed by atoms with Crippen molar-refractivity contribution in [1.29, 1.82) is 0 Å². The van der Waals surface area contributed by atoms with E-state index in [-0.39, 0.29) is 5.56 Å². The number of hydrogen-bond donors (Lipinski definition) is 2. The summed E-state index contributed by atoms with van der Waals surface area (Å²) in [5, 5.41) is 21.6. The van der Waals surface area contributed by atoms with Gasteiger partial charge in [0.15, 0.2) is 0 Å². The highest BCUT2D eigenvalue weighted by Crippen LogP contribution is 2.17. The van der Waals surface area contributed by atoms with E-state index in [4.69, 9.17) is 5.11 Å². The fourth-order valence-electron chi connectivity index (χ4n) is 1.43. The fraction of sp³-hybridized carbons (Fsp3) is 0.333. The zero-order chi connectivity index (χ0) is 15.4. The molecule has 7 nitrogen and oxygen atoms in total. The summed E-state index contributed by atoms with van der Waals surface area (Å²) in [5.41, 5.74) is -0.842. The van der Waals surface area contributed by atoms with Crippen molar-refractivity contribution in [3.63, 3.8) is 0 Å². The van der Waals surface area contributed by atoms with Gasteiger partial charge in [-0.25, -0.2) is 4.39 Å². The van der Waals surface area contributed by atoms with Crippen LogP contribution in [-0.2, 0) is 4.79 Å². The van der Waals surface area contributed by atoms with E-state index >= 15 is 0 Å². The molecule has 0 bridgehead atoms. The zero-order valence-corrected chi connectivity index (χ0v) is 10.8. The Labute approximate surface area is 113 Å². The smallest absolute Gasteiger partial charge is 0.308 e. The summed E-state index contributed by atoms with van der Waals surface area (Å²) in [6, 6.07) is 1.92. The lowest BCUT2D eigenvalue weighted by Gasteiger charge is -2.17. The van der Waals surface area contributed by atoms with Gasteiger partial charge in [0.1, 0.15) is 5.82 Å². The van der Waals surface area contributed by atoms with Gasteiger partial charge in [-0.15, -0.1) is 0 Å². The molecule has 108 valence electrons. The molecule has 1 aromatic carbocycles. The second kappa shape index (κ2) is 6.09. The second-order valence-corrected chi connectivity index (χ2v) is 4.31. The minimum Gasteiger partial charge on any atom is -0.481 e. The molecule has 1 amide bonds. The van der Waals surface area contributed by atoms with Crippen LogP contribution in [0, 0.1) is 21.8 Å². The molecule has 2 unspecified atom stereocenters. The number of nitrogens with one attached hydrogen (secondary N) is 1. The molecular weight excluding hydrogens is 271 g/mol. The molecule has 0 aromatic heterocycles. The van der Waals surface area contributed by atoms with E-state index < -0.39 is 40.3 Å². The quantitative estimate of drug-likeness (QED) is 0.630. The SMILES string of the molecule is CC(NC(=O)c1ccc([N+](=O)[O-])cc1F)C(C)C(=O)O. The van der Waals surface area contributed by atoms with Crippen LogP contribution >= 0.6 is 0 Å². The van der Waals surface area contributed by atoms with Gasteiger partial charge in [-0.1, -0.05) is 0 Å². The Balaban J connectivity index is 2.88.